The number of nitrogens with one attached hydrogen (secondary N) is 1. The molecule has 1 spiro atoms. The lowest BCUT2D eigenvalue weighted by atomic mass is 9.91. The van der Waals surface area contributed by atoms with Crippen molar-refractivity contribution in [3.8, 4) is 0 Å². The van der Waals surface area contributed by atoms with Crippen LogP contribution in [0.5, 0.6) is 0 Å². The Morgan fingerprint density at radius 1 is 1.37 bits per heavy atom. The topological polar surface area (TPSA) is 116 Å². The summed E-state index contributed by atoms with van der Waals surface area (Å²) >= 11 is 0. The molecule has 3 amide bonds. The van der Waals surface area contributed by atoms with Gasteiger partial charge in [-0.1, -0.05) is 25.7 Å². The fourth-order valence-electron chi connectivity index (χ4n) is 5.04. The zero-order valence-corrected chi connectivity index (χ0v) is 17.1. The summed E-state index contributed by atoms with van der Waals surface area (Å²) in [5.41, 5.74) is 0.0325. The van der Waals surface area contributed by atoms with Gasteiger partial charge in [-0.15, -0.1) is 0 Å². The second-order valence-corrected chi connectivity index (χ2v) is 9.08. The highest BCUT2D eigenvalue weighted by Gasteiger charge is 2.55. The maximum Gasteiger partial charge on any atom is 0.248 e. The van der Waals surface area contributed by atoms with E-state index in [9.17, 15) is 19.6 Å². The van der Waals surface area contributed by atoms with Crippen molar-refractivity contribution in [2.24, 2.45) is 17.3 Å². The van der Waals surface area contributed by atoms with Crippen LogP contribution in [0.25, 0.3) is 0 Å². The van der Waals surface area contributed by atoms with E-state index in [0.717, 1.165) is 38.5 Å². The summed E-state index contributed by atoms with van der Waals surface area (Å²) in [5.74, 6) is -0.0726. The first-order valence-electron chi connectivity index (χ1n) is 10.8. The summed E-state index contributed by atoms with van der Waals surface area (Å²) < 4.78 is 0. The molecular formula is C21H29N5O4. The first kappa shape index (κ1) is 20.7. The third-order valence-corrected chi connectivity index (χ3v) is 6.86. The molecule has 9 heteroatoms. The predicted octanol–water partition coefficient (Wildman–Crippen LogP) is 1.84. The van der Waals surface area contributed by atoms with Crippen molar-refractivity contribution in [3.63, 3.8) is 0 Å². The van der Waals surface area contributed by atoms with Crippen molar-refractivity contribution in [2.75, 3.05) is 18.4 Å². The zero-order valence-electron chi connectivity index (χ0n) is 17.1. The van der Waals surface area contributed by atoms with E-state index in [1.54, 1.807) is 17.2 Å². The SMILES string of the molecule is O=CN(O)C[C@@H](CC1CCCC1)C(=O)N1CC2(CC2)C[C@H]1C(=O)Nc1ccncn1. The van der Waals surface area contributed by atoms with Gasteiger partial charge in [0.05, 0.1) is 12.5 Å². The van der Waals surface area contributed by atoms with Crippen molar-refractivity contribution in [1.82, 2.24) is 19.9 Å². The highest BCUT2D eigenvalue weighted by Crippen LogP contribution is 2.55. The van der Waals surface area contributed by atoms with Crippen LogP contribution in [0.3, 0.4) is 0 Å². The maximum atomic E-state index is 13.5. The lowest BCUT2D eigenvalue weighted by molar-refractivity contribution is -0.158. The van der Waals surface area contributed by atoms with Gasteiger partial charge >= 0.3 is 0 Å². The predicted molar refractivity (Wildman–Crippen MR) is 107 cm³/mol. The molecular weight excluding hydrogens is 386 g/mol. The van der Waals surface area contributed by atoms with E-state index >= 15 is 0 Å². The Bertz CT molecular complexity index is 779. The fourth-order valence-corrected chi connectivity index (χ4v) is 5.04. The Morgan fingerprint density at radius 2 is 2.13 bits per heavy atom. The van der Waals surface area contributed by atoms with Crippen molar-refractivity contribution >= 4 is 24.0 Å². The Hall–Kier alpha value is -2.55. The first-order valence-corrected chi connectivity index (χ1v) is 10.8. The zero-order chi connectivity index (χ0) is 21.1. The van der Waals surface area contributed by atoms with E-state index in [2.05, 4.69) is 15.3 Å². The molecule has 30 heavy (non-hydrogen) atoms. The second-order valence-electron chi connectivity index (χ2n) is 9.08. The number of carbonyl (C=O) groups is 3. The fraction of sp³-hybridized carbons (Fsp3) is 0.667. The molecule has 2 heterocycles. The quantitative estimate of drug-likeness (QED) is 0.380. The number of hydroxylamine groups is 2. The number of rotatable bonds is 8. The van der Waals surface area contributed by atoms with Crippen LogP contribution in [0, 0.1) is 17.3 Å². The molecule has 0 unspecified atom stereocenters. The van der Waals surface area contributed by atoms with Gasteiger partial charge in [-0.25, -0.2) is 15.0 Å². The van der Waals surface area contributed by atoms with Crippen LogP contribution < -0.4 is 5.32 Å². The van der Waals surface area contributed by atoms with Crippen LogP contribution in [-0.2, 0) is 14.4 Å². The second kappa shape index (κ2) is 8.67. The molecule has 2 saturated carbocycles. The van der Waals surface area contributed by atoms with Gasteiger partial charge in [0.2, 0.25) is 18.2 Å². The van der Waals surface area contributed by atoms with Crippen molar-refractivity contribution in [2.45, 2.75) is 57.4 Å². The average Bonchev–Trinajstić information content (AvgIpc) is 3.13. The molecule has 4 rings (SSSR count). The molecule has 2 atom stereocenters. The van der Waals surface area contributed by atoms with Crippen LogP contribution in [0.15, 0.2) is 18.6 Å². The van der Waals surface area contributed by atoms with Gasteiger partial charge < -0.3 is 10.2 Å². The summed E-state index contributed by atoms with van der Waals surface area (Å²) in [6.45, 7) is 0.518. The van der Waals surface area contributed by atoms with Crippen molar-refractivity contribution in [3.05, 3.63) is 18.6 Å². The monoisotopic (exact) mass is 415 g/mol. The summed E-state index contributed by atoms with van der Waals surface area (Å²) in [4.78, 5) is 47.1. The van der Waals surface area contributed by atoms with E-state index in [0.29, 0.717) is 42.6 Å². The first-order chi connectivity index (χ1) is 14.5. The molecule has 1 saturated heterocycles. The molecule has 3 aliphatic rings. The number of nitrogens with zero attached hydrogens (tertiary/aromatic N) is 4. The van der Waals surface area contributed by atoms with E-state index < -0.39 is 12.0 Å². The Kier molecular flexibility index (Phi) is 5.99. The summed E-state index contributed by atoms with van der Waals surface area (Å²) in [5, 5.41) is 13.1. The normalized spacial score (nSPS) is 23.4. The molecule has 1 aromatic heterocycles. The molecule has 0 aromatic carbocycles. The van der Waals surface area contributed by atoms with Crippen LogP contribution in [-0.4, -0.2) is 62.5 Å². The highest BCUT2D eigenvalue weighted by atomic mass is 16.5. The minimum Gasteiger partial charge on any atom is -0.330 e. The molecule has 162 valence electrons. The van der Waals surface area contributed by atoms with Crippen molar-refractivity contribution < 1.29 is 19.6 Å². The van der Waals surface area contributed by atoms with Gasteiger partial charge in [0, 0.05) is 12.7 Å². The Morgan fingerprint density at radius 3 is 2.77 bits per heavy atom. The molecule has 1 aromatic rings. The smallest absolute Gasteiger partial charge is 0.248 e. The van der Waals surface area contributed by atoms with Crippen LogP contribution >= 0.6 is 0 Å². The van der Waals surface area contributed by atoms with Crippen LogP contribution in [0.4, 0.5) is 5.82 Å². The van der Waals surface area contributed by atoms with Crippen LogP contribution in [0.1, 0.15) is 51.4 Å². The number of likely N-dealkylation sites (tertiary alicyclic amines) is 1. The van der Waals surface area contributed by atoms with E-state index in [1.807, 2.05) is 0 Å². The van der Waals surface area contributed by atoms with Gasteiger partial charge in [0.25, 0.3) is 0 Å². The minimum absolute atomic E-state index is 0.0325. The molecule has 0 bridgehead atoms. The molecule has 9 nitrogen and oxygen atoms in total. The Labute approximate surface area is 175 Å². The molecule has 1 aliphatic heterocycles. The summed E-state index contributed by atoms with van der Waals surface area (Å²) in [7, 11) is 0. The van der Waals surface area contributed by atoms with Gasteiger partial charge in [-0.05, 0) is 43.1 Å². The third kappa shape index (κ3) is 4.61. The molecule has 2 aliphatic carbocycles. The van der Waals surface area contributed by atoms with Gasteiger partial charge in [0.1, 0.15) is 18.2 Å². The van der Waals surface area contributed by atoms with Gasteiger partial charge in [-0.3, -0.25) is 19.6 Å². The van der Waals surface area contributed by atoms with E-state index in [4.69, 9.17) is 0 Å². The highest BCUT2D eigenvalue weighted by molar-refractivity contribution is 5.97. The lowest BCUT2D eigenvalue weighted by Gasteiger charge is -2.30. The minimum atomic E-state index is -0.565. The lowest BCUT2D eigenvalue weighted by Crippen LogP contribution is -2.48. The number of anilines is 1. The maximum absolute atomic E-state index is 13.5. The number of hydrogen-bond acceptors (Lipinski definition) is 6. The third-order valence-electron chi connectivity index (χ3n) is 6.86. The summed E-state index contributed by atoms with van der Waals surface area (Å²) in [6, 6.07) is 1.05. The molecule has 2 N–H and O–H groups in total. The number of aromatic nitrogens is 2. The standard InChI is InChI=1S/C21H29N5O4/c27-14-25(30)11-16(9-15-3-1-2-4-15)20(29)26-12-21(6-7-21)10-17(26)19(28)24-18-5-8-22-13-23-18/h5,8,13-17,30H,1-4,6-7,9-12H2,(H,22,23,24,28)/t16-,17+/m1/s1. The van der Waals surface area contributed by atoms with E-state index in [-0.39, 0.29) is 23.8 Å². The van der Waals surface area contributed by atoms with Gasteiger partial charge in [0.15, 0.2) is 0 Å². The molecule has 0 radical (unpaired) electrons. The Balaban J connectivity index is 1.50. The largest absolute Gasteiger partial charge is 0.330 e. The number of amides is 3. The summed E-state index contributed by atoms with van der Waals surface area (Å²) in [6.07, 6.45) is 11.0. The van der Waals surface area contributed by atoms with Gasteiger partial charge in [-0.2, -0.15) is 0 Å². The van der Waals surface area contributed by atoms with Crippen molar-refractivity contribution in [1.29, 1.82) is 0 Å². The number of carbonyl (C=O) groups excluding carboxylic acids is 3. The average molecular weight is 415 g/mol. The van der Waals surface area contributed by atoms with Crippen LogP contribution in [0.2, 0.25) is 0 Å². The number of hydrogen-bond donors (Lipinski definition) is 2. The van der Waals surface area contributed by atoms with E-state index in [1.165, 1.54) is 6.33 Å². The molecule has 3 fully saturated rings.